The van der Waals surface area contributed by atoms with Crippen molar-refractivity contribution in [2.75, 3.05) is 6.61 Å². The van der Waals surface area contributed by atoms with Crippen LogP contribution in [0.5, 0.6) is 5.75 Å². The molecule has 0 spiro atoms. The number of carbonyl (C=O) groups excluding carboxylic acids is 1. The summed E-state index contributed by atoms with van der Waals surface area (Å²) in [6, 6.07) is 26.2. The van der Waals surface area contributed by atoms with Crippen LogP contribution in [0, 0.1) is 0 Å². The average Bonchev–Trinajstić information content (AvgIpc) is 3.22. The van der Waals surface area contributed by atoms with E-state index in [2.05, 4.69) is 41.5 Å². The topological polar surface area (TPSA) is 66.5 Å². The number of carbonyl (C=O) groups is 1. The maximum Gasteiger partial charge on any atom is 0.277 e. The number of hydrogen-bond acceptors (Lipinski definition) is 3. The van der Waals surface area contributed by atoms with Gasteiger partial charge in [-0.15, -0.1) is 0 Å². The number of hydrogen-bond donors (Lipinski definition) is 2. The van der Waals surface area contributed by atoms with Crippen molar-refractivity contribution < 1.29 is 9.53 Å². The third-order valence-corrected chi connectivity index (χ3v) is 5.46. The lowest BCUT2D eigenvalue weighted by Gasteiger charge is -2.26. The number of para-hydroxylation sites is 1. The molecule has 31 heavy (non-hydrogen) atoms. The van der Waals surface area contributed by atoms with E-state index in [1.807, 2.05) is 72.9 Å². The van der Waals surface area contributed by atoms with Gasteiger partial charge in [-0.25, -0.2) is 5.43 Å². The molecular weight excluding hydrogens is 386 g/mol. The molecule has 1 amide bonds. The molecule has 2 N–H and O–H groups in total. The molecule has 5 nitrogen and oxygen atoms in total. The summed E-state index contributed by atoms with van der Waals surface area (Å²) in [6.07, 6.45) is 3.48. The number of rotatable bonds is 7. The van der Waals surface area contributed by atoms with Crippen LogP contribution in [-0.4, -0.2) is 23.7 Å². The molecule has 0 radical (unpaired) electrons. The first-order chi connectivity index (χ1) is 15.0. The van der Waals surface area contributed by atoms with Crippen molar-refractivity contribution in [2.45, 2.75) is 19.3 Å². The number of aromatic amines is 1. The Morgan fingerprint density at radius 2 is 1.65 bits per heavy atom. The molecule has 0 saturated carbocycles. The van der Waals surface area contributed by atoms with Crippen molar-refractivity contribution in [3.8, 4) is 5.75 Å². The molecular formula is C26H25N3O2. The van der Waals surface area contributed by atoms with E-state index >= 15 is 0 Å². The van der Waals surface area contributed by atoms with Gasteiger partial charge in [0.15, 0.2) is 6.61 Å². The third-order valence-electron chi connectivity index (χ3n) is 5.46. The first-order valence-corrected chi connectivity index (χ1v) is 10.2. The Kier molecular flexibility index (Phi) is 5.85. The van der Waals surface area contributed by atoms with Crippen LogP contribution in [0.2, 0.25) is 0 Å². The molecule has 3 aromatic carbocycles. The van der Waals surface area contributed by atoms with Crippen LogP contribution in [0.3, 0.4) is 0 Å². The number of ether oxygens (including phenoxy) is 1. The Labute approximate surface area is 181 Å². The van der Waals surface area contributed by atoms with E-state index in [4.69, 9.17) is 4.74 Å². The molecule has 1 aromatic heterocycles. The molecule has 0 aliphatic heterocycles. The minimum absolute atomic E-state index is 0.105. The van der Waals surface area contributed by atoms with E-state index in [0.717, 1.165) is 16.5 Å². The number of hydrazone groups is 1. The molecule has 0 atom stereocenters. The predicted octanol–water partition coefficient (Wildman–Crippen LogP) is 5.02. The summed E-state index contributed by atoms with van der Waals surface area (Å²) in [5.74, 6) is 0.327. The average molecular weight is 412 g/mol. The number of fused-ring (bicyclic) bond motifs is 1. The van der Waals surface area contributed by atoms with E-state index in [1.54, 1.807) is 6.21 Å². The lowest BCUT2D eigenvalue weighted by Crippen LogP contribution is -2.24. The Morgan fingerprint density at radius 3 is 2.42 bits per heavy atom. The highest BCUT2D eigenvalue weighted by Crippen LogP contribution is 2.32. The Balaban J connectivity index is 1.31. The molecule has 1 heterocycles. The quantitative estimate of drug-likeness (QED) is 0.331. The van der Waals surface area contributed by atoms with Gasteiger partial charge in [-0.1, -0.05) is 74.5 Å². The standard InChI is InChI=1S/C26H25N3O2/c1-26(2,20-8-4-3-5-9-20)21-12-14-22(15-13-21)31-18-25(30)29-28-17-19-16-27-24-11-7-6-10-23(19)24/h3-17,27H,18H2,1-2H3,(H,29,30)/b28-17-. The van der Waals surface area contributed by atoms with Gasteiger partial charge in [0, 0.05) is 28.1 Å². The van der Waals surface area contributed by atoms with Gasteiger partial charge >= 0.3 is 0 Å². The SMILES string of the molecule is CC(C)(c1ccccc1)c1ccc(OCC(=O)N/N=C\c2c[nH]c3ccccc23)cc1. The second kappa shape index (κ2) is 8.88. The van der Waals surface area contributed by atoms with Gasteiger partial charge in [0.25, 0.3) is 5.91 Å². The van der Waals surface area contributed by atoms with Crippen LogP contribution in [0.25, 0.3) is 10.9 Å². The summed E-state index contributed by atoms with van der Waals surface area (Å²) in [7, 11) is 0. The van der Waals surface area contributed by atoms with Gasteiger partial charge in [0.2, 0.25) is 0 Å². The minimum Gasteiger partial charge on any atom is -0.484 e. The number of H-pyrrole nitrogens is 1. The first-order valence-electron chi connectivity index (χ1n) is 10.2. The van der Waals surface area contributed by atoms with Crippen LogP contribution in [-0.2, 0) is 10.2 Å². The van der Waals surface area contributed by atoms with Crippen molar-refractivity contribution in [1.29, 1.82) is 0 Å². The van der Waals surface area contributed by atoms with Crippen molar-refractivity contribution in [3.05, 3.63) is 102 Å². The monoisotopic (exact) mass is 411 g/mol. The third kappa shape index (κ3) is 4.67. The van der Waals surface area contributed by atoms with Crippen LogP contribution in [0.4, 0.5) is 0 Å². The lowest BCUT2D eigenvalue weighted by molar-refractivity contribution is -0.123. The molecule has 0 unspecified atom stereocenters. The van der Waals surface area contributed by atoms with Crippen molar-refractivity contribution in [3.63, 3.8) is 0 Å². The maximum atomic E-state index is 12.1. The van der Waals surface area contributed by atoms with Gasteiger partial charge in [-0.05, 0) is 29.3 Å². The molecule has 0 aliphatic rings. The highest BCUT2D eigenvalue weighted by atomic mass is 16.5. The summed E-state index contributed by atoms with van der Waals surface area (Å²) in [5, 5.41) is 5.08. The van der Waals surface area contributed by atoms with Crippen LogP contribution in [0.15, 0.2) is 90.2 Å². The van der Waals surface area contributed by atoms with Gasteiger partial charge in [-0.3, -0.25) is 4.79 Å². The fourth-order valence-corrected chi connectivity index (χ4v) is 3.55. The number of amides is 1. The fraction of sp³-hybridized carbons (Fsp3) is 0.154. The Morgan fingerprint density at radius 1 is 0.968 bits per heavy atom. The van der Waals surface area contributed by atoms with Crippen LogP contribution >= 0.6 is 0 Å². The molecule has 0 saturated heterocycles. The summed E-state index contributed by atoms with van der Waals surface area (Å²) in [4.78, 5) is 15.2. The van der Waals surface area contributed by atoms with Crippen molar-refractivity contribution >= 4 is 23.0 Å². The van der Waals surface area contributed by atoms with E-state index in [0.29, 0.717) is 5.75 Å². The number of nitrogens with one attached hydrogen (secondary N) is 2. The predicted molar refractivity (Wildman–Crippen MR) is 125 cm³/mol. The largest absolute Gasteiger partial charge is 0.484 e. The van der Waals surface area contributed by atoms with Crippen molar-refractivity contribution in [2.24, 2.45) is 5.10 Å². The van der Waals surface area contributed by atoms with Crippen LogP contribution < -0.4 is 10.2 Å². The zero-order valence-corrected chi connectivity index (χ0v) is 17.6. The summed E-state index contributed by atoms with van der Waals surface area (Å²) in [5.41, 5.74) is 6.75. The second-order valence-corrected chi connectivity index (χ2v) is 7.89. The molecule has 5 heteroatoms. The molecule has 0 fully saturated rings. The first kappa shape index (κ1) is 20.4. The van der Waals surface area contributed by atoms with Gasteiger partial charge in [0.1, 0.15) is 5.75 Å². The zero-order chi connectivity index (χ0) is 21.7. The van der Waals surface area contributed by atoms with E-state index in [9.17, 15) is 4.79 Å². The summed E-state index contributed by atoms with van der Waals surface area (Å²) < 4.78 is 5.61. The number of aromatic nitrogens is 1. The van der Waals surface area contributed by atoms with E-state index in [1.165, 1.54) is 11.1 Å². The number of nitrogens with zero attached hydrogens (tertiary/aromatic N) is 1. The van der Waals surface area contributed by atoms with Crippen LogP contribution in [0.1, 0.15) is 30.5 Å². The maximum absolute atomic E-state index is 12.1. The summed E-state index contributed by atoms with van der Waals surface area (Å²) >= 11 is 0. The number of benzene rings is 3. The highest BCUT2D eigenvalue weighted by molar-refractivity contribution is 5.99. The van der Waals surface area contributed by atoms with Gasteiger partial charge < -0.3 is 9.72 Å². The molecule has 156 valence electrons. The molecule has 0 bridgehead atoms. The Hall–Kier alpha value is -3.86. The second-order valence-electron chi connectivity index (χ2n) is 7.89. The molecule has 4 aromatic rings. The normalized spacial score (nSPS) is 11.7. The smallest absolute Gasteiger partial charge is 0.277 e. The zero-order valence-electron chi connectivity index (χ0n) is 17.6. The van der Waals surface area contributed by atoms with Crippen molar-refractivity contribution in [1.82, 2.24) is 10.4 Å². The molecule has 0 aliphatic carbocycles. The lowest BCUT2D eigenvalue weighted by atomic mass is 9.78. The minimum atomic E-state index is -0.315. The van der Waals surface area contributed by atoms with E-state index < -0.39 is 0 Å². The fourth-order valence-electron chi connectivity index (χ4n) is 3.55. The van der Waals surface area contributed by atoms with Gasteiger partial charge in [0.05, 0.1) is 6.21 Å². The van der Waals surface area contributed by atoms with E-state index in [-0.39, 0.29) is 17.9 Å². The Bertz CT molecular complexity index is 1190. The highest BCUT2D eigenvalue weighted by Gasteiger charge is 2.22. The molecule has 4 rings (SSSR count). The summed E-state index contributed by atoms with van der Waals surface area (Å²) in [6.45, 7) is 4.28. The van der Waals surface area contributed by atoms with Gasteiger partial charge in [-0.2, -0.15) is 5.10 Å².